The van der Waals surface area contributed by atoms with Gasteiger partial charge in [-0.3, -0.25) is 0 Å². The van der Waals surface area contributed by atoms with E-state index in [9.17, 15) is 4.79 Å². The van der Waals surface area contributed by atoms with E-state index in [4.69, 9.17) is 9.47 Å². The van der Waals surface area contributed by atoms with E-state index in [0.717, 1.165) is 38.3 Å². The first-order valence-corrected chi connectivity index (χ1v) is 7.51. The fourth-order valence-electron chi connectivity index (χ4n) is 3.01. The Morgan fingerprint density at radius 3 is 2.74 bits per heavy atom. The molecule has 0 radical (unpaired) electrons. The minimum Gasteiger partial charge on any atom is -0.347 e. The number of likely N-dealkylation sites (tertiary alicyclic amines) is 1. The smallest absolute Gasteiger partial charge is 0.317 e. The Morgan fingerprint density at radius 2 is 2.11 bits per heavy atom. The zero-order valence-corrected chi connectivity index (χ0v) is 11.7. The van der Waals surface area contributed by atoms with E-state index in [-0.39, 0.29) is 17.9 Å². The molecular weight excluding hydrogens is 244 g/mol. The van der Waals surface area contributed by atoms with Crippen LogP contribution in [0.5, 0.6) is 0 Å². The van der Waals surface area contributed by atoms with E-state index in [1.165, 1.54) is 12.8 Å². The number of hydrogen-bond acceptors (Lipinski definition) is 3. The Hall–Kier alpha value is -0.810. The van der Waals surface area contributed by atoms with Crippen LogP contribution in [0.15, 0.2) is 0 Å². The molecule has 108 valence electrons. The van der Waals surface area contributed by atoms with Gasteiger partial charge >= 0.3 is 6.03 Å². The van der Waals surface area contributed by atoms with Crippen molar-refractivity contribution in [2.45, 2.75) is 50.9 Å². The molecule has 1 N–H and O–H groups in total. The highest BCUT2D eigenvalue weighted by Crippen LogP contribution is 2.39. The Labute approximate surface area is 114 Å². The molecular formula is C14H24N2O3. The van der Waals surface area contributed by atoms with Crippen LogP contribution in [0.4, 0.5) is 4.79 Å². The molecule has 1 saturated carbocycles. The number of amides is 2. The summed E-state index contributed by atoms with van der Waals surface area (Å²) in [6, 6.07) is 0.0352. The number of hydrogen-bond donors (Lipinski definition) is 1. The molecule has 5 heteroatoms. The summed E-state index contributed by atoms with van der Waals surface area (Å²) >= 11 is 0. The molecule has 0 aromatic carbocycles. The third-order valence-corrected chi connectivity index (χ3v) is 4.57. The van der Waals surface area contributed by atoms with Crippen molar-refractivity contribution >= 4 is 6.03 Å². The molecule has 0 aromatic rings. The molecule has 1 spiro atoms. The largest absolute Gasteiger partial charge is 0.347 e. The molecule has 19 heavy (non-hydrogen) atoms. The molecule has 2 aliphatic heterocycles. The van der Waals surface area contributed by atoms with Gasteiger partial charge in [-0.2, -0.15) is 0 Å². The van der Waals surface area contributed by atoms with Crippen molar-refractivity contribution in [2.75, 3.05) is 26.2 Å². The van der Waals surface area contributed by atoms with Crippen molar-refractivity contribution in [3.8, 4) is 0 Å². The Kier molecular flexibility index (Phi) is 3.67. The summed E-state index contributed by atoms with van der Waals surface area (Å²) in [5, 5.41) is 2.94. The standard InChI is InChI=1S/C14H24N2O3/c1-11-3-5-14(6-4-11)18-10-12(19-14)9-15-13(17)16-7-2-8-16/h11-12H,2-10H2,1H3,(H,15,17). The highest BCUT2D eigenvalue weighted by atomic mass is 16.7. The Bertz CT molecular complexity index is 336. The van der Waals surface area contributed by atoms with Gasteiger partial charge in [0, 0.05) is 32.5 Å². The van der Waals surface area contributed by atoms with Gasteiger partial charge in [-0.05, 0) is 25.2 Å². The van der Waals surface area contributed by atoms with Gasteiger partial charge in [0.1, 0.15) is 6.10 Å². The first kappa shape index (κ1) is 13.2. The van der Waals surface area contributed by atoms with Gasteiger partial charge in [0.15, 0.2) is 5.79 Å². The molecule has 3 rings (SSSR count). The first-order chi connectivity index (χ1) is 9.17. The van der Waals surface area contributed by atoms with E-state index < -0.39 is 0 Å². The van der Waals surface area contributed by atoms with Gasteiger partial charge in [0.2, 0.25) is 0 Å². The molecule has 1 unspecified atom stereocenters. The van der Waals surface area contributed by atoms with E-state index in [1.54, 1.807) is 0 Å². The number of carbonyl (C=O) groups is 1. The molecule has 0 aromatic heterocycles. The van der Waals surface area contributed by atoms with Crippen molar-refractivity contribution in [3.05, 3.63) is 0 Å². The van der Waals surface area contributed by atoms with Crippen molar-refractivity contribution in [1.82, 2.24) is 10.2 Å². The van der Waals surface area contributed by atoms with Gasteiger partial charge in [0.25, 0.3) is 0 Å². The van der Waals surface area contributed by atoms with Crippen LogP contribution in [0.1, 0.15) is 39.0 Å². The minimum absolute atomic E-state index is 0.0126. The van der Waals surface area contributed by atoms with Gasteiger partial charge in [-0.1, -0.05) is 6.92 Å². The monoisotopic (exact) mass is 268 g/mol. The fraction of sp³-hybridized carbons (Fsp3) is 0.929. The van der Waals surface area contributed by atoms with Crippen LogP contribution in [0.25, 0.3) is 0 Å². The number of ether oxygens (including phenoxy) is 2. The summed E-state index contributed by atoms with van der Waals surface area (Å²) in [6.07, 6.45) is 5.46. The quantitative estimate of drug-likeness (QED) is 0.829. The molecule has 3 aliphatic rings. The molecule has 5 nitrogen and oxygen atoms in total. The maximum Gasteiger partial charge on any atom is 0.317 e. The minimum atomic E-state index is -0.349. The second-order valence-corrected chi connectivity index (χ2v) is 6.17. The molecule has 2 heterocycles. The van der Waals surface area contributed by atoms with Crippen LogP contribution in [-0.2, 0) is 9.47 Å². The second kappa shape index (κ2) is 5.29. The Balaban J connectivity index is 1.42. The second-order valence-electron chi connectivity index (χ2n) is 6.17. The van der Waals surface area contributed by atoms with Crippen LogP contribution >= 0.6 is 0 Å². The third-order valence-electron chi connectivity index (χ3n) is 4.57. The van der Waals surface area contributed by atoms with Gasteiger partial charge in [-0.15, -0.1) is 0 Å². The average molecular weight is 268 g/mol. The summed E-state index contributed by atoms with van der Waals surface area (Å²) < 4.78 is 12.0. The molecule has 1 aliphatic carbocycles. The highest BCUT2D eigenvalue weighted by molar-refractivity contribution is 5.74. The van der Waals surface area contributed by atoms with Crippen molar-refractivity contribution < 1.29 is 14.3 Å². The summed E-state index contributed by atoms with van der Waals surface area (Å²) in [4.78, 5) is 13.5. The van der Waals surface area contributed by atoms with E-state index in [2.05, 4.69) is 12.2 Å². The number of nitrogens with one attached hydrogen (secondary N) is 1. The lowest BCUT2D eigenvalue weighted by atomic mass is 9.86. The lowest BCUT2D eigenvalue weighted by Crippen LogP contribution is -2.49. The fourth-order valence-corrected chi connectivity index (χ4v) is 3.01. The lowest BCUT2D eigenvalue weighted by Gasteiger charge is -2.34. The van der Waals surface area contributed by atoms with E-state index in [0.29, 0.717) is 13.2 Å². The average Bonchev–Trinajstić information content (AvgIpc) is 2.73. The normalized spacial score (nSPS) is 38.3. The van der Waals surface area contributed by atoms with Gasteiger partial charge in [0.05, 0.1) is 6.61 Å². The summed E-state index contributed by atoms with van der Waals surface area (Å²) in [7, 11) is 0. The SMILES string of the molecule is CC1CCC2(CC1)OCC(CNC(=O)N1CCC1)O2. The Morgan fingerprint density at radius 1 is 1.37 bits per heavy atom. The molecule has 1 atom stereocenters. The number of nitrogens with zero attached hydrogens (tertiary/aromatic N) is 1. The van der Waals surface area contributed by atoms with E-state index in [1.807, 2.05) is 4.90 Å². The lowest BCUT2D eigenvalue weighted by molar-refractivity contribution is -0.191. The van der Waals surface area contributed by atoms with Crippen LogP contribution in [0.2, 0.25) is 0 Å². The zero-order chi connectivity index (χ0) is 13.3. The van der Waals surface area contributed by atoms with Crippen LogP contribution in [0.3, 0.4) is 0 Å². The summed E-state index contributed by atoms with van der Waals surface area (Å²) in [5.41, 5.74) is 0. The summed E-state index contributed by atoms with van der Waals surface area (Å²) in [5.74, 6) is 0.432. The van der Waals surface area contributed by atoms with Crippen LogP contribution in [0, 0.1) is 5.92 Å². The predicted molar refractivity (Wildman–Crippen MR) is 70.8 cm³/mol. The summed E-state index contributed by atoms with van der Waals surface area (Å²) in [6.45, 7) is 5.22. The molecule has 3 fully saturated rings. The molecule has 2 amide bonds. The predicted octanol–water partition coefficient (Wildman–Crippen LogP) is 1.72. The van der Waals surface area contributed by atoms with Crippen molar-refractivity contribution in [3.63, 3.8) is 0 Å². The maximum absolute atomic E-state index is 11.7. The van der Waals surface area contributed by atoms with Gasteiger partial charge in [-0.25, -0.2) is 4.79 Å². The highest BCUT2D eigenvalue weighted by Gasteiger charge is 2.43. The topological polar surface area (TPSA) is 50.8 Å². The number of rotatable bonds is 2. The van der Waals surface area contributed by atoms with Gasteiger partial charge < -0.3 is 19.7 Å². The van der Waals surface area contributed by atoms with Crippen LogP contribution in [-0.4, -0.2) is 49.1 Å². The molecule has 2 saturated heterocycles. The van der Waals surface area contributed by atoms with Crippen molar-refractivity contribution in [1.29, 1.82) is 0 Å². The zero-order valence-electron chi connectivity index (χ0n) is 11.7. The van der Waals surface area contributed by atoms with Crippen molar-refractivity contribution in [2.24, 2.45) is 5.92 Å². The number of urea groups is 1. The maximum atomic E-state index is 11.7. The van der Waals surface area contributed by atoms with Crippen LogP contribution < -0.4 is 5.32 Å². The third kappa shape index (κ3) is 2.87. The first-order valence-electron chi connectivity index (χ1n) is 7.51. The van der Waals surface area contributed by atoms with E-state index >= 15 is 0 Å². The molecule has 0 bridgehead atoms. The number of carbonyl (C=O) groups excluding carboxylic acids is 1.